The Hall–Kier alpha value is -1.89. The first-order valence-corrected chi connectivity index (χ1v) is 9.83. The van der Waals surface area contributed by atoms with Crippen molar-refractivity contribution < 1.29 is 47.9 Å². The Morgan fingerprint density at radius 1 is 0.633 bits per heavy atom. The van der Waals surface area contributed by atoms with E-state index in [1.54, 1.807) is 0 Å². The van der Waals surface area contributed by atoms with E-state index in [1.807, 2.05) is 0 Å². The van der Waals surface area contributed by atoms with Crippen LogP contribution >= 0.6 is 0 Å². The highest BCUT2D eigenvalue weighted by Crippen LogP contribution is 2.02. The molecule has 0 aliphatic carbocycles. The number of carbonyl (C=O) groups excluding carboxylic acids is 2. The summed E-state index contributed by atoms with van der Waals surface area (Å²) in [6, 6.07) is 0. The maximum Gasteiger partial charge on any atom is 0.305 e. The van der Waals surface area contributed by atoms with E-state index in [0.717, 1.165) is 4.90 Å². The van der Waals surface area contributed by atoms with E-state index < -0.39 is 5.97 Å². The van der Waals surface area contributed by atoms with Crippen LogP contribution in [0.15, 0.2) is 12.2 Å². The minimum Gasteiger partial charge on any atom is -0.481 e. The van der Waals surface area contributed by atoms with Gasteiger partial charge in [0.1, 0.15) is 0 Å². The molecule has 1 aliphatic heterocycles. The maximum atomic E-state index is 11.3. The summed E-state index contributed by atoms with van der Waals surface area (Å²) in [6.45, 7) is 4.87. The Morgan fingerprint density at radius 3 is 1.33 bits per heavy atom. The van der Waals surface area contributed by atoms with E-state index in [2.05, 4.69) is 0 Å². The lowest BCUT2D eigenvalue weighted by Crippen LogP contribution is -2.33. The molecule has 0 aromatic carbocycles. The molecular weight excluding hydrogens is 402 g/mol. The third-order valence-electron chi connectivity index (χ3n) is 3.68. The quantitative estimate of drug-likeness (QED) is 0.186. The Kier molecular flexibility index (Phi) is 15.6. The van der Waals surface area contributed by atoms with Crippen molar-refractivity contribution in [2.45, 2.75) is 6.42 Å². The fraction of sp³-hybridized carbons (Fsp3) is 0.737. The second-order valence-corrected chi connectivity index (χ2v) is 5.98. The van der Waals surface area contributed by atoms with Crippen LogP contribution < -0.4 is 0 Å². The zero-order chi connectivity index (χ0) is 21.9. The smallest absolute Gasteiger partial charge is 0.305 e. The van der Waals surface area contributed by atoms with Crippen LogP contribution in [0.5, 0.6) is 0 Å². The van der Waals surface area contributed by atoms with Crippen molar-refractivity contribution in [3.05, 3.63) is 12.2 Å². The number of rotatable bonds is 21. The minimum atomic E-state index is -0.882. The normalized spacial score (nSPS) is 13.5. The fourth-order valence-corrected chi connectivity index (χ4v) is 2.17. The van der Waals surface area contributed by atoms with Gasteiger partial charge >= 0.3 is 5.97 Å². The first-order valence-electron chi connectivity index (χ1n) is 9.83. The minimum absolute atomic E-state index is 0.00870. The molecule has 0 radical (unpaired) electrons. The van der Waals surface area contributed by atoms with Gasteiger partial charge in [0.25, 0.3) is 11.8 Å². The van der Waals surface area contributed by atoms with E-state index in [-0.39, 0.29) is 38.0 Å². The van der Waals surface area contributed by atoms with E-state index in [9.17, 15) is 14.4 Å². The van der Waals surface area contributed by atoms with Crippen LogP contribution in [0.25, 0.3) is 0 Å². The summed E-state index contributed by atoms with van der Waals surface area (Å²) in [6.07, 6.45) is 2.48. The number of carboxylic acid groups (broad SMARTS) is 1. The van der Waals surface area contributed by atoms with Gasteiger partial charge in [-0.05, 0) is 0 Å². The third kappa shape index (κ3) is 14.1. The van der Waals surface area contributed by atoms with Gasteiger partial charge in [0.2, 0.25) is 0 Å². The molecule has 1 heterocycles. The molecule has 172 valence electrons. The number of hydrogen-bond acceptors (Lipinski definition) is 9. The van der Waals surface area contributed by atoms with Gasteiger partial charge in [-0.3, -0.25) is 19.3 Å². The molecule has 0 bridgehead atoms. The van der Waals surface area contributed by atoms with Crippen LogP contribution in [0.3, 0.4) is 0 Å². The van der Waals surface area contributed by atoms with Crippen molar-refractivity contribution in [2.24, 2.45) is 0 Å². The number of hydrogen-bond donors (Lipinski definition) is 1. The molecule has 1 N–H and O–H groups in total. The van der Waals surface area contributed by atoms with Gasteiger partial charge in [0, 0.05) is 12.2 Å². The summed E-state index contributed by atoms with van der Waals surface area (Å²) < 4.78 is 31.7. The van der Waals surface area contributed by atoms with Crippen molar-refractivity contribution in [1.82, 2.24) is 4.90 Å². The molecule has 1 rings (SSSR count). The second kappa shape index (κ2) is 17.9. The molecule has 0 atom stereocenters. The highest BCUT2D eigenvalue weighted by atomic mass is 16.6. The summed E-state index contributed by atoms with van der Waals surface area (Å²) in [4.78, 5) is 34.0. The van der Waals surface area contributed by atoms with Gasteiger partial charge in [-0.15, -0.1) is 0 Å². The highest BCUT2D eigenvalue weighted by Gasteiger charge is 2.22. The summed E-state index contributed by atoms with van der Waals surface area (Å²) in [5.41, 5.74) is 0. The molecule has 0 saturated heterocycles. The molecular formula is C19H31NO10. The number of carboxylic acids is 1. The molecule has 2 amide bonds. The van der Waals surface area contributed by atoms with Crippen LogP contribution in [0.2, 0.25) is 0 Å². The van der Waals surface area contributed by atoms with Crippen molar-refractivity contribution >= 4 is 17.8 Å². The van der Waals surface area contributed by atoms with Gasteiger partial charge in [0.05, 0.1) is 92.2 Å². The number of nitrogens with zero attached hydrogens (tertiary/aromatic N) is 1. The molecule has 0 aromatic rings. The van der Waals surface area contributed by atoms with Crippen molar-refractivity contribution in [3.8, 4) is 0 Å². The first kappa shape index (κ1) is 26.1. The largest absolute Gasteiger partial charge is 0.481 e. The van der Waals surface area contributed by atoms with Gasteiger partial charge in [-0.1, -0.05) is 0 Å². The summed E-state index contributed by atoms with van der Waals surface area (Å²) in [5.74, 6) is -1.51. The number of imide groups is 1. The standard InChI is InChI=1S/C19H31NO10/c21-17-1-2-18(22)20(17)4-6-26-8-10-28-12-14-30-16-15-29-13-11-27-9-7-25-5-3-19(23)24/h1-2H,3-16H2,(H,23,24). The zero-order valence-corrected chi connectivity index (χ0v) is 17.1. The maximum absolute atomic E-state index is 11.3. The SMILES string of the molecule is O=C(O)CCOCCOCCOCCOCCOCCOCCN1C(=O)C=CC1=O. The van der Waals surface area contributed by atoms with Crippen LogP contribution in [-0.2, 0) is 42.8 Å². The molecule has 0 saturated carbocycles. The molecule has 1 aliphatic rings. The van der Waals surface area contributed by atoms with E-state index >= 15 is 0 Å². The molecule has 30 heavy (non-hydrogen) atoms. The average molecular weight is 433 g/mol. The van der Waals surface area contributed by atoms with Crippen LogP contribution in [-0.4, -0.2) is 114 Å². The monoisotopic (exact) mass is 433 g/mol. The molecule has 0 unspecified atom stereocenters. The van der Waals surface area contributed by atoms with E-state index in [0.29, 0.717) is 66.1 Å². The lowest BCUT2D eigenvalue weighted by Gasteiger charge is -2.13. The van der Waals surface area contributed by atoms with Crippen LogP contribution in [0.1, 0.15) is 6.42 Å². The molecule has 0 aromatic heterocycles. The molecule has 11 heteroatoms. The van der Waals surface area contributed by atoms with Gasteiger partial charge in [-0.25, -0.2) is 0 Å². The van der Waals surface area contributed by atoms with Crippen molar-refractivity contribution in [3.63, 3.8) is 0 Å². The topological polar surface area (TPSA) is 130 Å². The number of amides is 2. The van der Waals surface area contributed by atoms with Crippen LogP contribution in [0.4, 0.5) is 0 Å². The predicted octanol–water partition coefficient (Wildman–Crippen LogP) is -0.514. The number of ether oxygens (including phenoxy) is 6. The van der Waals surface area contributed by atoms with Crippen molar-refractivity contribution in [2.75, 3.05) is 85.8 Å². The zero-order valence-electron chi connectivity index (χ0n) is 17.1. The first-order chi connectivity index (χ1) is 14.6. The van der Waals surface area contributed by atoms with E-state index in [4.69, 9.17) is 33.5 Å². The summed E-state index contributed by atoms with van der Waals surface area (Å²) in [5, 5.41) is 8.43. The van der Waals surface area contributed by atoms with Gasteiger partial charge < -0.3 is 33.5 Å². The third-order valence-corrected chi connectivity index (χ3v) is 3.68. The molecule has 0 fully saturated rings. The summed E-state index contributed by atoms with van der Waals surface area (Å²) >= 11 is 0. The van der Waals surface area contributed by atoms with Crippen LogP contribution in [0, 0.1) is 0 Å². The molecule has 0 spiro atoms. The number of carbonyl (C=O) groups is 3. The highest BCUT2D eigenvalue weighted by molar-refractivity contribution is 6.12. The van der Waals surface area contributed by atoms with Gasteiger partial charge in [-0.2, -0.15) is 0 Å². The summed E-state index contributed by atoms with van der Waals surface area (Å²) in [7, 11) is 0. The number of aliphatic carboxylic acids is 1. The van der Waals surface area contributed by atoms with E-state index in [1.165, 1.54) is 12.2 Å². The van der Waals surface area contributed by atoms with Crippen molar-refractivity contribution in [1.29, 1.82) is 0 Å². The Bertz CT molecular complexity index is 507. The second-order valence-electron chi connectivity index (χ2n) is 5.98. The Morgan fingerprint density at radius 2 is 0.967 bits per heavy atom. The van der Waals surface area contributed by atoms with Gasteiger partial charge in [0.15, 0.2) is 0 Å². The Balaban J connectivity index is 1.70. The predicted molar refractivity (Wildman–Crippen MR) is 103 cm³/mol. The lowest BCUT2D eigenvalue weighted by atomic mass is 10.5. The fourth-order valence-electron chi connectivity index (χ4n) is 2.17. The molecule has 11 nitrogen and oxygen atoms in total. The lowest BCUT2D eigenvalue weighted by molar-refractivity contribution is -0.139. The Labute approximate surface area is 175 Å². The average Bonchev–Trinajstić information content (AvgIpc) is 3.04.